The van der Waals surface area contributed by atoms with Gasteiger partial charge in [0.15, 0.2) is 0 Å². The molecule has 0 aliphatic heterocycles. The van der Waals surface area contributed by atoms with Crippen LogP contribution >= 0.6 is 0 Å². The fourth-order valence-corrected chi connectivity index (χ4v) is 7.05. The predicted octanol–water partition coefficient (Wildman–Crippen LogP) is 24.9. The Morgan fingerprint density at radius 2 is 0.739 bits per heavy atom. The van der Waals surface area contributed by atoms with E-state index in [1.165, 1.54) is 60.0 Å². The van der Waals surface area contributed by atoms with Gasteiger partial charge in [0, 0.05) is 5.41 Å². The lowest BCUT2D eigenvalue weighted by molar-refractivity contribution is 0.00575. The van der Waals surface area contributed by atoms with Crippen LogP contribution in [0.3, 0.4) is 0 Å². The van der Waals surface area contributed by atoms with Gasteiger partial charge in [-0.2, -0.15) is 0 Å². The molecule has 0 nitrogen and oxygen atoms in total. The van der Waals surface area contributed by atoms with Gasteiger partial charge in [-0.1, -0.05) is 294 Å². The first kappa shape index (κ1) is 77.8. The average Bonchev–Trinajstić information content (AvgIpc) is 3.24. The van der Waals surface area contributed by atoms with Crippen LogP contribution in [0.1, 0.15) is 291 Å². The summed E-state index contributed by atoms with van der Waals surface area (Å²) in [7, 11) is 0. The van der Waals surface area contributed by atoms with Crippen LogP contribution in [-0.2, 0) is 5.41 Å². The molecule has 2 rings (SSSR count). The van der Waals surface area contributed by atoms with Gasteiger partial charge in [0.1, 0.15) is 0 Å². The summed E-state index contributed by atoms with van der Waals surface area (Å²) in [4.78, 5) is 0. The molecular weight excluding hydrogens is 829 g/mol. The SMILES string of the molecule is C/C=C(/C)CC.C/C=C(/C)CC.C/C=C\CC.CC(C)(C)C(C)(C)C(C)(C)C.CC(C)(C)CC(C)(C)C.CCC(C)(C)C(C)(C)C.CCC(CC)(c1ccccc1)c1ccccc1.CCC=C(C)C. The predicted molar refractivity (Wildman–Crippen MR) is 328 cm³/mol. The van der Waals surface area contributed by atoms with E-state index in [2.05, 4.69) is 313 Å². The second kappa shape index (κ2) is 39.0. The van der Waals surface area contributed by atoms with Crippen LogP contribution in [0.25, 0.3) is 0 Å². The molecule has 0 N–H and O–H groups in total. The van der Waals surface area contributed by atoms with E-state index in [1.807, 2.05) is 6.92 Å². The maximum absolute atomic E-state index is 2.35. The number of allylic oxidation sites excluding steroid dienone is 8. The molecule has 0 unspecified atom stereocenters. The van der Waals surface area contributed by atoms with E-state index >= 15 is 0 Å². The van der Waals surface area contributed by atoms with Crippen molar-refractivity contribution in [3.05, 3.63) is 119 Å². The summed E-state index contributed by atoms with van der Waals surface area (Å²) < 4.78 is 0. The zero-order valence-corrected chi connectivity index (χ0v) is 53.8. The van der Waals surface area contributed by atoms with E-state index in [0.29, 0.717) is 37.9 Å². The number of rotatable bonds is 9. The van der Waals surface area contributed by atoms with Gasteiger partial charge < -0.3 is 0 Å². The van der Waals surface area contributed by atoms with Crippen LogP contribution in [0.4, 0.5) is 0 Å². The lowest BCUT2D eigenvalue weighted by Gasteiger charge is -2.49. The summed E-state index contributed by atoms with van der Waals surface area (Å²) in [6.07, 6.45) is 20.2. The summed E-state index contributed by atoms with van der Waals surface area (Å²) in [5.74, 6) is 0. The third-order valence-corrected chi connectivity index (χ3v) is 14.8. The normalized spacial score (nSPS) is 12.4. The van der Waals surface area contributed by atoms with E-state index in [1.54, 1.807) is 0 Å². The fraction of sp³-hybridized carbons (Fsp3) is 0.710. The Morgan fingerprint density at radius 3 is 0.812 bits per heavy atom. The van der Waals surface area contributed by atoms with Gasteiger partial charge in [-0.3, -0.25) is 0 Å². The summed E-state index contributed by atoms with van der Waals surface area (Å²) in [6, 6.07) is 21.7. The van der Waals surface area contributed by atoms with Crippen molar-refractivity contribution in [2.24, 2.45) is 37.9 Å². The van der Waals surface area contributed by atoms with Crippen molar-refractivity contribution in [2.75, 3.05) is 0 Å². The maximum Gasteiger partial charge on any atom is 0.0197 e. The standard InChI is InChI=1S/C17H20.C11H24.2C9H20.3C6H12.C5H10/c1-3-17(4-2,15-11-7-5-8-12-15)16-13-9-6-10-14-16;1-9(2,3)11(7,8)10(4,5)6;1-8(2,3)7-9(4,5)6;1-7-9(5,6)8(2,3)4;1-4-5-6(2)3;2*1-4-6(3)5-2;1-3-5-4-2/h5-14H,3-4H2,1-2H3;1-8H3;2*7H2,1-6H3;5H,4H2,1-3H3;2*4H,5H2,1-3H3;3,5H,4H2,1-2H3/b;;;;;2*6-4-;5-3-. The first-order chi connectivity index (χ1) is 31.1. The van der Waals surface area contributed by atoms with E-state index in [0.717, 1.165) is 19.3 Å². The van der Waals surface area contributed by atoms with Crippen molar-refractivity contribution in [3.63, 3.8) is 0 Å². The zero-order valence-electron chi connectivity index (χ0n) is 53.8. The van der Waals surface area contributed by atoms with Crippen LogP contribution in [0, 0.1) is 37.9 Å². The van der Waals surface area contributed by atoms with Crippen molar-refractivity contribution in [1.82, 2.24) is 0 Å². The highest BCUT2D eigenvalue weighted by atomic mass is 14.5. The molecular formula is C69H130. The van der Waals surface area contributed by atoms with Crippen molar-refractivity contribution < 1.29 is 0 Å². The summed E-state index contributed by atoms with van der Waals surface area (Å²) >= 11 is 0. The van der Waals surface area contributed by atoms with E-state index < -0.39 is 0 Å². The van der Waals surface area contributed by atoms with Crippen LogP contribution in [0.2, 0.25) is 0 Å². The second-order valence-electron chi connectivity index (χ2n) is 26.1. The Morgan fingerprint density at radius 1 is 0.420 bits per heavy atom. The minimum absolute atomic E-state index is 0.169. The molecule has 2 aromatic rings. The van der Waals surface area contributed by atoms with Gasteiger partial charge in [0.25, 0.3) is 0 Å². The molecule has 0 aromatic heterocycles. The van der Waals surface area contributed by atoms with Crippen molar-refractivity contribution >= 4 is 0 Å². The number of hydrogen-bond donors (Lipinski definition) is 0. The first-order valence-electron chi connectivity index (χ1n) is 27.7. The fourth-order valence-electron chi connectivity index (χ4n) is 7.05. The Hall–Kier alpha value is -2.60. The highest BCUT2D eigenvalue weighted by Crippen LogP contribution is 2.50. The van der Waals surface area contributed by atoms with Crippen molar-refractivity contribution in [1.29, 1.82) is 0 Å². The summed E-state index contributed by atoms with van der Waals surface area (Å²) in [6.45, 7) is 74.0. The molecule has 0 atom stereocenters. The highest BCUT2D eigenvalue weighted by Gasteiger charge is 2.42. The van der Waals surface area contributed by atoms with Gasteiger partial charge in [0.05, 0.1) is 0 Å². The molecule has 0 aliphatic carbocycles. The molecule has 0 amide bonds. The molecule has 0 spiro atoms. The van der Waals surface area contributed by atoms with Gasteiger partial charge in [0.2, 0.25) is 0 Å². The van der Waals surface area contributed by atoms with E-state index in [4.69, 9.17) is 0 Å². The molecule has 0 saturated heterocycles. The third kappa shape index (κ3) is 40.7. The molecule has 0 heterocycles. The van der Waals surface area contributed by atoms with Crippen LogP contribution in [-0.4, -0.2) is 0 Å². The van der Waals surface area contributed by atoms with E-state index in [-0.39, 0.29) is 5.41 Å². The smallest absolute Gasteiger partial charge is 0.0197 e. The van der Waals surface area contributed by atoms with Crippen LogP contribution < -0.4 is 0 Å². The third-order valence-electron chi connectivity index (χ3n) is 14.8. The lowest BCUT2D eigenvalue weighted by Crippen LogP contribution is -2.41. The zero-order chi connectivity index (χ0) is 56.2. The quantitative estimate of drug-likeness (QED) is 0.220. The van der Waals surface area contributed by atoms with Gasteiger partial charge in [-0.15, -0.1) is 0 Å². The van der Waals surface area contributed by atoms with Gasteiger partial charge in [-0.25, -0.2) is 0 Å². The largest absolute Gasteiger partial charge is 0.0917 e. The molecule has 0 radical (unpaired) electrons. The van der Waals surface area contributed by atoms with Crippen LogP contribution in [0.15, 0.2) is 108 Å². The first-order valence-corrected chi connectivity index (χ1v) is 27.7. The van der Waals surface area contributed by atoms with Crippen molar-refractivity contribution in [3.8, 4) is 0 Å². The number of hydrogen-bond acceptors (Lipinski definition) is 0. The average molecular weight is 960 g/mol. The molecule has 2 aromatic carbocycles. The molecule has 0 aliphatic rings. The number of benzene rings is 2. The minimum atomic E-state index is 0.169. The van der Waals surface area contributed by atoms with Gasteiger partial charge >= 0.3 is 0 Å². The topological polar surface area (TPSA) is 0 Å². The molecule has 0 bridgehead atoms. The summed E-state index contributed by atoms with van der Waals surface area (Å²) in [5.41, 5.74) is 10.4. The molecule has 406 valence electrons. The van der Waals surface area contributed by atoms with Crippen LogP contribution in [0.5, 0.6) is 0 Å². The molecule has 0 heteroatoms. The lowest BCUT2D eigenvalue weighted by atomic mass is 9.56. The molecule has 0 fully saturated rings. The Bertz CT molecular complexity index is 1470. The van der Waals surface area contributed by atoms with Crippen molar-refractivity contribution in [2.45, 2.75) is 285 Å². The highest BCUT2D eigenvalue weighted by molar-refractivity contribution is 5.38. The van der Waals surface area contributed by atoms with Gasteiger partial charge in [-0.05, 0) is 142 Å². The minimum Gasteiger partial charge on any atom is -0.0917 e. The molecule has 69 heavy (non-hydrogen) atoms. The summed E-state index contributed by atoms with van der Waals surface area (Å²) in [5, 5.41) is 0. The Kier molecular flexibility index (Phi) is 44.0. The van der Waals surface area contributed by atoms with E-state index in [9.17, 15) is 0 Å². The molecule has 0 saturated carbocycles. The Balaban J connectivity index is -0.000000171. The Labute approximate surface area is 440 Å². The monoisotopic (exact) mass is 959 g/mol. The maximum atomic E-state index is 2.35. The second-order valence-corrected chi connectivity index (χ2v) is 26.1.